The van der Waals surface area contributed by atoms with Crippen LogP contribution < -0.4 is 11.1 Å². The molecule has 1 atom stereocenters. The lowest BCUT2D eigenvalue weighted by Gasteiger charge is -2.34. The van der Waals surface area contributed by atoms with Crippen molar-refractivity contribution in [1.82, 2.24) is 10.3 Å². The molecule has 0 spiro atoms. The van der Waals surface area contributed by atoms with Crippen molar-refractivity contribution < 1.29 is 0 Å². The summed E-state index contributed by atoms with van der Waals surface area (Å²) in [6.45, 7) is 7.77. The standard InChI is InChI=1S/C12H20ClN3.2ClH/c1-9(2)12(3,8-14)16-6-10-4-5-15-7-11(10)13;;/h4-5,7,9,16H,6,8,14H2,1-3H3;2*1H. The third-order valence-corrected chi connectivity index (χ3v) is 3.58. The number of pyridine rings is 1. The highest BCUT2D eigenvalue weighted by molar-refractivity contribution is 6.31. The van der Waals surface area contributed by atoms with E-state index in [4.69, 9.17) is 17.3 Å². The molecule has 1 heterocycles. The Kier molecular flexibility index (Phi) is 10.1. The molecule has 3 N–H and O–H groups in total. The molecule has 0 amide bonds. The average Bonchev–Trinajstić information content (AvgIpc) is 2.27. The Balaban J connectivity index is 0. The molecule has 0 aliphatic heterocycles. The average molecular weight is 315 g/mol. The quantitative estimate of drug-likeness (QED) is 0.878. The van der Waals surface area contributed by atoms with Crippen molar-refractivity contribution in [3.05, 3.63) is 29.0 Å². The van der Waals surface area contributed by atoms with Gasteiger partial charge in [0.15, 0.2) is 0 Å². The molecule has 1 aromatic rings. The Labute approximate surface area is 127 Å². The summed E-state index contributed by atoms with van der Waals surface area (Å²) in [5.74, 6) is 0.470. The second-order valence-electron chi connectivity index (χ2n) is 4.60. The van der Waals surface area contributed by atoms with Crippen LogP contribution in [0.2, 0.25) is 5.02 Å². The lowest BCUT2D eigenvalue weighted by Crippen LogP contribution is -2.52. The van der Waals surface area contributed by atoms with Gasteiger partial charge < -0.3 is 11.1 Å². The molecule has 0 aliphatic carbocycles. The van der Waals surface area contributed by atoms with E-state index in [2.05, 4.69) is 31.1 Å². The van der Waals surface area contributed by atoms with E-state index in [1.807, 2.05) is 6.07 Å². The molecule has 0 aromatic carbocycles. The van der Waals surface area contributed by atoms with Crippen LogP contribution in [0, 0.1) is 5.92 Å². The molecule has 6 heteroatoms. The second-order valence-corrected chi connectivity index (χ2v) is 5.00. The summed E-state index contributed by atoms with van der Waals surface area (Å²) in [6, 6.07) is 1.92. The van der Waals surface area contributed by atoms with E-state index in [0.717, 1.165) is 5.56 Å². The SMILES string of the molecule is CC(C)C(C)(CN)NCc1ccncc1Cl.Cl.Cl. The van der Waals surface area contributed by atoms with Crippen molar-refractivity contribution in [1.29, 1.82) is 0 Å². The van der Waals surface area contributed by atoms with E-state index in [1.54, 1.807) is 12.4 Å². The number of hydrogen-bond donors (Lipinski definition) is 2. The molecular formula is C12H22Cl3N3. The van der Waals surface area contributed by atoms with Crippen LogP contribution in [0.1, 0.15) is 26.3 Å². The van der Waals surface area contributed by atoms with Gasteiger partial charge in [-0.05, 0) is 24.5 Å². The summed E-state index contributed by atoms with van der Waals surface area (Å²) in [6.07, 6.45) is 3.41. The van der Waals surface area contributed by atoms with Crippen molar-refractivity contribution in [3.8, 4) is 0 Å². The molecule has 0 saturated heterocycles. The van der Waals surface area contributed by atoms with Crippen molar-refractivity contribution >= 4 is 36.4 Å². The van der Waals surface area contributed by atoms with Gasteiger partial charge in [-0.15, -0.1) is 24.8 Å². The van der Waals surface area contributed by atoms with Crippen molar-refractivity contribution in [2.75, 3.05) is 6.54 Å². The first-order chi connectivity index (χ1) is 7.49. The lowest BCUT2D eigenvalue weighted by atomic mass is 9.88. The number of nitrogens with zero attached hydrogens (tertiary/aromatic N) is 1. The van der Waals surface area contributed by atoms with Crippen LogP contribution in [0.4, 0.5) is 0 Å². The largest absolute Gasteiger partial charge is 0.329 e. The van der Waals surface area contributed by atoms with Crippen LogP contribution >= 0.6 is 36.4 Å². The number of hydrogen-bond acceptors (Lipinski definition) is 3. The normalized spacial score (nSPS) is 13.4. The minimum atomic E-state index is -0.0629. The molecule has 1 rings (SSSR count). The maximum atomic E-state index is 6.04. The van der Waals surface area contributed by atoms with Crippen LogP contribution in [-0.2, 0) is 6.54 Å². The fourth-order valence-corrected chi connectivity index (χ4v) is 1.54. The first kappa shape index (κ1) is 20.3. The molecule has 0 fully saturated rings. The van der Waals surface area contributed by atoms with Crippen LogP contribution in [0.5, 0.6) is 0 Å². The predicted molar refractivity (Wildman–Crippen MR) is 82.9 cm³/mol. The Morgan fingerprint density at radius 3 is 2.50 bits per heavy atom. The third kappa shape index (κ3) is 5.29. The highest BCUT2D eigenvalue weighted by Crippen LogP contribution is 2.18. The zero-order valence-electron chi connectivity index (χ0n) is 10.9. The second kappa shape index (κ2) is 8.94. The summed E-state index contributed by atoms with van der Waals surface area (Å²) in [7, 11) is 0. The topological polar surface area (TPSA) is 50.9 Å². The summed E-state index contributed by atoms with van der Waals surface area (Å²) >= 11 is 6.04. The van der Waals surface area contributed by atoms with E-state index in [9.17, 15) is 0 Å². The van der Waals surface area contributed by atoms with Crippen LogP contribution in [-0.4, -0.2) is 17.1 Å². The van der Waals surface area contributed by atoms with Gasteiger partial charge in [0.2, 0.25) is 0 Å². The Hall–Kier alpha value is -0.0600. The summed E-state index contributed by atoms with van der Waals surface area (Å²) in [5, 5.41) is 4.16. The van der Waals surface area contributed by atoms with Crippen molar-refractivity contribution in [2.45, 2.75) is 32.9 Å². The number of aromatic nitrogens is 1. The molecule has 106 valence electrons. The highest BCUT2D eigenvalue weighted by Gasteiger charge is 2.25. The number of halogens is 3. The first-order valence-corrected chi connectivity index (χ1v) is 5.91. The third-order valence-electron chi connectivity index (χ3n) is 3.24. The molecule has 0 radical (unpaired) electrons. The summed E-state index contributed by atoms with van der Waals surface area (Å²) in [4.78, 5) is 3.96. The maximum absolute atomic E-state index is 6.04. The predicted octanol–water partition coefficient (Wildman–Crippen LogP) is 3.04. The van der Waals surface area contributed by atoms with Gasteiger partial charge in [-0.3, -0.25) is 4.98 Å². The molecule has 0 bridgehead atoms. The zero-order chi connectivity index (χ0) is 12.2. The zero-order valence-corrected chi connectivity index (χ0v) is 13.3. The smallest absolute Gasteiger partial charge is 0.0634 e. The van der Waals surface area contributed by atoms with E-state index >= 15 is 0 Å². The van der Waals surface area contributed by atoms with Gasteiger partial charge in [-0.25, -0.2) is 0 Å². The van der Waals surface area contributed by atoms with Gasteiger partial charge in [0, 0.05) is 31.0 Å². The molecule has 0 aliphatic rings. The Bertz CT molecular complexity index is 347. The van der Waals surface area contributed by atoms with Crippen LogP contribution in [0.3, 0.4) is 0 Å². The molecular weight excluding hydrogens is 293 g/mol. The fourth-order valence-electron chi connectivity index (χ4n) is 1.36. The number of rotatable bonds is 5. The summed E-state index contributed by atoms with van der Waals surface area (Å²) in [5.41, 5.74) is 6.79. The van der Waals surface area contributed by atoms with Gasteiger partial charge in [-0.2, -0.15) is 0 Å². The molecule has 1 aromatic heterocycles. The molecule has 3 nitrogen and oxygen atoms in total. The van der Waals surface area contributed by atoms with E-state index in [1.165, 1.54) is 0 Å². The molecule has 18 heavy (non-hydrogen) atoms. The highest BCUT2D eigenvalue weighted by atomic mass is 35.5. The van der Waals surface area contributed by atoms with Gasteiger partial charge in [0.05, 0.1) is 5.02 Å². The lowest BCUT2D eigenvalue weighted by molar-refractivity contribution is 0.267. The van der Waals surface area contributed by atoms with Crippen molar-refractivity contribution in [3.63, 3.8) is 0 Å². The fraction of sp³-hybridized carbons (Fsp3) is 0.583. The minimum Gasteiger partial charge on any atom is -0.329 e. The minimum absolute atomic E-state index is 0. The van der Waals surface area contributed by atoms with Gasteiger partial charge in [-0.1, -0.05) is 25.4 Å². The van der Waals surface area contributed by atoms with Gasteiger partial charge in [0.1, 0.15) is 0 Å². The Morgan fingerprint density at radius 1 is 1.44 bits per heavy atom. The van der Waals surface area contributed by atoms with Gasteiger partial charge in [0.25, 0.3) is 0 Å². The van der Waals surface area contributed by atoms with Crippen molar-refractivity contribution in [2.24, 2.45) is 11.7 Å². The Morgan fingerprint density at radius 2 is 2.06 bits per heavy atom. The molecule has 1 unspecified atom stereocenters. The summed E-state index contributed by atoms with van der Waals surface area (Å²) < 4.78 is 0. The van der Waals surface area contributed by atoms with Crippen LogP contribution in [0.15, 0.2) is 18.5 Å². The monoisotopic (exact) mass is 313 g/mol. The van der Waals surface area contributed by atoms with E-state index in [0.29, 0.717) is 24.0 Å². The maximum Gasteiger partial charge on any atom is 0.0634 e. The number of nitrogens with one attached hydrogen (secondary N) is 1. The van der Waals surface area contributed by atoms with E-state index in [-0.39, 0.29) is 30.4 Å². The first-order valence-electron chi connectivity index (χ1n) is 5.53. The van der Waals surface area contributed by atoms with Gasteiger partial charge >= 0.3 is 0 Å². The molecule has 0 saturated carbocycles. The number of nitrogens with two attached hydrogens (primary N) is 1. The van der Waals surface area contributed by atoms with Crippen LogP contribution in [0.25, 0.3) is 0 Å². The van der Waals surface area contributed by atoms with E-state index < -0.39 is 0 Å².